The van der Waals surface area contributed by atoms with Gasteiger partial charge in [-0.3, -0.25) is 4.79 Å². The first-order valence-corrected chi connectivity index (χ1v) is 10.2. The van der Waals surface area contributed by atoms with Gasteiger partial charge < -0.3 is 16.4 Å². The summed E-state index contributed by atoms with van der Waals surface area (Å²) in [6.07, 6.45) is 0. The average molecular weight is 427 g/mol. The number of rotatable bonds is 8. The van der Waals surface area contributed by atoms with Crippen LogP contribution in [0.3, 0.4) is 0 Å². The van der Waals surface area contributed by atoms with E-state index in [4.69, 9.17) is 5.73 Å². The number of sulfonamides is 1. The maximum Gasteiger partial charge on any atom is 0.255 e. The molecule has 0 heterocycles. The molecule has 4 N–H and O–H groups in total. The third-order valence-corrected chi connectivity index (χ3v) is 6.35. The van der Waals surface area contributed by atoms with Crippen LogP contribution in [-0.2, 0) is 16.6 Å². The summed E-state index contributed by atoms with van der Waals surface area (Å²) < 4.78 is 26.9. The molecular formula is C19H27ClN4O3S. The van der Waals surface area contributed by atoms with Crippen molar-refractivity contribution in [2.24, 2.45) is 5.73 Å². The van der Waals surface area contributed by atoms with Gasteiger partial charge in [0.25, 0.3) is 5.91 Å². The van der Waals surface area contributed by atoms with E-state index in [9.17, 15) is 13.2 Å². The molecule has 0 radical (unpaired) electrons. The number of benzene rings is 2. The molecule has 0 fully saturated rings. The summed E-state index contributed by atoms with van der Waals surface area (Å²) in [6.45, 7) is 4.73. The number of nitrogens with zero attached hydrogens (tertiary/aromatic N) is 1. The Balaban J connectivity index is 0.00000392. The number of carbonyl (C=O) groups excluding carboxylic acids is 1. The van der Waals surface area contributed by atoms with E-state index >= 15 is 0 Å². The van der Waals surface area contributed by atoms with Crippen molar-refractivity contribution in [3.05, 3.63) is 53.6 Å². The smallest absolute Gasteiger partial charge is 0.255 e. The van der Waals surface area contributed by atoms with E-state index in [0.717, 1.165) is 5.56 Å². The second kappa shape index (κ2) is 10.4. The van der Waals surface area contributed by atoms with Crippen LogP contribution in [0.5, 0.6) is 0 Å². The van der Waals surface area contributed by atoms with E-state index in [2.05, 4.69) is 10.6 Å². The molecule has 154 valence electrons. The number of nitrogens with two attached hydrogens (primary N) is 1. The summed E-state index contributed by atoms with van der Waals surface area (Å²) in [4.78, 5) is 12.7. The fraction of sp³-hybridized carbons (Fsp3) is 0.316. The first-order valence-electron chi connectivity index (χ1n) is 8.79. The molecule has 0 aliphatic rings. The van der Waals surface area contributed by atoms with Crippen LogP contribution in [-0.4, -0.2) is 38.8 Å². The Bertz CT molecular complexity index is 898. The predicted molar refractivity (Wildman–Crippen MR) is 116 cm³/mol. The lowest BCUT2D eigenvalue weighted by Crippen LogP contribution is -2.30. The van der Waals surface area contributed by atoms with Gasteiger partial charge in [0.1, 0.15) is 0 Å². The average Bonchev–Trinajstić information content (AvgIpc) is 2.68. The van der Waals surface area contributed by atoms with Crippen molar-refractivity contribution in [3.8, 4) is 0 Å². The van der Waals surface area contributed by atoms with Crippen LogP contribution in [0.4, 0.5) is 11.4 Å². The van der Waals surface area contributed by atoms with Crippen LogP contribution >= 0.6 is 12.4 Å². The quantitative estimate of drug-likeness (QED) is 0.602. The van der Waals surface area contributed by atoms with Gasteiger partial charge in [-0.25, -0.2) is 8.42 Å². The molecule has 0 aromatic heterocycles. The molecule has 0 spiro atoms. The van der Waals surface area contributed by atoms with Crippen molar-refractivity contribution in [3.63, 3.8) is 0 Å². The minimum Gasteiger partial charge on any atom is -0.386 e. The molecule has 7 nitrogen and oxygen atoms in total. The van der Waals surface area contributed by atoms with Gasteiger partial charge in [0.2, 0.25) is 10.0 Å². The van der Waals surface area contributed by atoms with Crippen molar-refractivity contribution < 1.29 is 13.2 Å². The molecule has 0 unspecified atom stereocenters. The lowest BCUT2D eigenvalue weighted by molar-refractivity contribution is 0.102. The van der Waals surface area contributed by atoms with Crippen molar-refractivity contribution >= 4 is 39.7 Å². The molecule has 0 bridgehead atoms. The fourth-order valence-electron chi connectivity index (χ4n) is 2.70. The number of hydrogen-bond donors (Lipinski definition) is 3. The maximum absolute atomic E-state index is 12.8. The number of carbonyl (C=O) groups is 1. The molecule has 0 saturated carbocycles. The fourth-order valence-corrected chi connectivity index (χ4v) is 4.19. The first-order chi connectivity index (χ1) is 12.9. The molecule has 2 rings (SSSR count). The number of halogens is 1. The minimum absolute atomic E-state index is 0. The second-order valence-electron chi connectivity index (χ2n) is 5.90. The Hall–Kier alpha value is -2.13. The third kappa shape index (κ3) is 5.23. The molecule has 2 aromatic rings. The van der Waals surface area contributed by atoms with Crippen molar-refractivity contribution in [1.29, 1.82) is 0 Å². The van der Waals surface area contributed by atoms with Gasteiger partial charge in [0, 0.05) is 32.2 Å². The van der Waals surface area contributed by atoms with Crippen LogP contribution in [0.15, 0.2) is 47.4 Å². The van der Waals surface area contributed by atoms with Crippen molar-refractivity contribution in [2.45, 2.75) is 25.3 Å². The molecular weight excluding hydrogens is 400 g/mol. The summed E-state index contributed by atoms with van der Waals surface area (Å²) in [5.41, 5.74) is 7.99. The van der Waals surface area contributed by atoms with Crippen molar-refractivity contribution in [1.82, 2.24) is 4.31 Å². The monoisotopic (exact) mass is 426 g/mol. The molecule has 1 amide bonds. The Labute approximate surface area is 172 Å². The highest BCUT2D eigenvalue weighted by Crippen LogP contribution is 2.27. The van der Waals surface area contributed by atoms with E-state index in [1.807, 2.05) is 0 Å². The summed E-state index contributed by atoms with van der Waals surface area (Å²) in [5.74, 6) is -0.326. The van der Waals surface area contributed by atoms with Gasteiger partial charge in [0.15, 0.2) is 0 Å². The molecule has 0 aliphatic carbocycles. The zero-order chi connectivity index (χ0) is 20.0. The van der Waals surface area contributed by atoms with E-state index in [1.54, 1.807) is 51.2 Å². The number of amides is 1. The highest BCUT2D eigenvalue weighted by atomic mass is 35.5. The Kier molecular flexibility index (Phi) is 8.90. The largest absolute Gasteiger partial charge is 0.386 e. The topological polar surface area (TPSA) is 105 Å². The summed E-state index contributed by atoms with van der Waals surface area (Å²) in [6, 6.07) is 11.6. The summed E-state index contributed by atoms with van der Waals surface area (Å²) in [5, 5.41) is 5.75. The lowest BCUT2D eigenvalue weighted by atomic mass is 10.1. The first kappa shape index (κ1) is 23.9. The Morgan fingerprint density at radius 1 is 1.04 bits per heavy atom. The number of anilines is 2. The van der Waals surface area contributed by atoms with Crippen LogP contribution in [0.25, 0.3) is 0 Å². The zero-order valence-corrected chi connectivity index (χ0v) is 17.9. The number of nitrogens with one attached hydrogen (secondary N) is 2. The van der Waals surface area contributed by atoms with Gasteiger partial charge in [-0.1, -0.05) is 26.0 Å². The molecule has 2 aromatic carbocycles. The maximum atomic E-state index is 12.8. The molecule has 9 heteroatoms. The van der Waals surface area contributed by atoms with Gasteiger partial charge in [-0.05, 0) is 35.9 Å². The predicted octanol–water partition coefficient (Wildman–Crippen LogP) is 2.89. The van der Waals surface area contributed by atoms with E-state index < -0.39 is 10.0 Å². The van der Waals surface area contributed by atoms with Gasteiger partial charge in [0.05, 0.1) is 16.3 Å². The summed E-state index contributed by atoms with van der Waals surface area (Å²) >= 11 is 0. The van der Waals surface area contributed by atoms with Crippen LogP contribution in [0, 0.1) is 0 Å². The van der Waals surface area contributed by atoms with Crippen LogP contribution < -0.4 is 16.4 Å². The minimum atomic E-state index is -3.62. The molecule has 0 saturated heterocycles. The van der Waals surface area contributed by atoms with Crippen LogP contribution in [0.1, 0.15) is 29.8 Å². The summed E-state index contributed by atoms with van der Waals surface area (Å²) in [7, 11) is -1.91. The van der Waals surface area contributed by atoms with E-state index in [-0.39, 0.29) is 23.2 Å². The third-order valence-electron chi connectivity index (χ3n) is 4.30. The highest BCUT2D eigenvalue weighted by molar-refractivity contribution is 7.89. The van der Waals surface area contributed by atoms with Crippen molar-refractivity contribution in [2.75, 3.05) is 30.8 Å². The van der Waals surface area contributed by atoms with Gasteiger partial charge in [-0.2, -0.15) is 4.31 Å². The molecule has 28 heavy (non-hydrogen) atoms. The molecule has 0 aliphatic heterocycles. The lowest BCUT2D eigenvalue weighted by Gasteiger charge is -2.20. The standard InChI is InChI=1S/C19H26N4O3S.ClH/c1-4-23(5-2)27(25,26)16-10-11-17(21-3)18(12-16)22-19(24)15-8-6-14(13-20)7-9-15;/h6-12,21H,4-5,13,20H2,1-3H3,(H,22,24);1H. The van der Waals surface area contributed by atoms with Gasteiger partial charge >= 0.3 is 0 Å². The Morgan fingerprint density at radius 2 is 1.64 bits per heavy atom. The normalized spacial score (nSPS) is 11.0. The van der Waals surface area contributed by atoms with E-state index in [0.29, 0.717) is 36.6 Å². The SMILES string of the molecule is CCN(CC)S(=O)(=O)c1ccc(NC)c(NC(=O)c2ccc(CN)cc2)c1.Cl. The Morgan fingerprint density at radius 3 is 2.14 bits per heavy atom. The van der Waals surface area contributed by atoms with Crippen LogP contribution in [0.2, 0.25) is 0 Å². The number of hydrogen-bond acceptors (Lipinski definition) is 5. The zero-order valence-electron chi connectivity index (χ0n) is 16.2. The molecule has 0 atom stereocenters. The van der Waals surface area contributed by atoms with Gasteiger partial charge in [-0.15, -0.1) is 12.4 Å². The highest BCUT2D eigenvalue weighted by Gasteiger charge is 2.23. The second-order valence-corrected chi connectivity index (χ2v) is 7.84. The van der Waals surface area contributed by atoms with E-state index in [1.165, 1.54) is 16.4 Å².